The van der Waals surface area contributed by atoms with E-state index in [1.54, 1.807) is 23.1 Å². The number of hydrogen-bond donors (Lipinski definition) is 0. The number of carbonyl (C=O) groups is 1. The van der Waals surface area contributed by atoms with Crippen molar-refractivity contribution in [3.8, 4) is 0 Å². The molecule has 2 rings (SSSR count). The van der Waals surface area contributed by atoms with Gasteiger partial charge in [-0.3, -0.25) is 4.79 Å². The third-order valence-electron chi connectivity index (χ3n) is 2.63. The molecule has 3 nitrogen and oxygen atoms in total. The number of rotatable bonds is 2. The number of hydrogen-bond acceptors (Lipinski definition) is 2. The zero-order chi connectivity index (χ0) is 12.1. The van der Waals surface area contributed by atoms with Crippen LogP contribution >= 0.6 is 0 Å². The molecule has 0 spiro atoms. The van der Waals surface area contributed by atoms with Gasteiger partial charge < -0.3 is 9.64 Å². The van der Waals surface area contributed by atoms with Gasteiger partial charge in [0.15, 0.2) is 0 Å². The molecular formula is C13H14FNO2. The van der Waals surface area contributed by atoms with Gasteiger partial charge in [0.1, 0.15) is 5.82 Å². The Hall–Kier alpha value is -1.68. The van der Waals surface area contributed by atoms with Crippen LogP contribution in [-0.2, 0) is 9.53 Å². The SMILES string of the molecule is O=C(C=Cc1ccccc1F)N1CCOCC1. The summed E-state index contributed by atoms with van der Waals surface area (Å²) < 4.78 is 18.4. The molecule has 0 aromatic heterocycles. The van der Waals surface area contributed by atoms with Crippen molar-refractivity contribution in [2.75, 3.05) is 26.3 Å². The third kappa shape index (κ3) is 3.14. The van der Waals surface area contributed by atoms with Gasteiger partial charge in [0.05, 0.1) is 13.2 Å². The summed E-state index contributed by atoms with van der Waals surface area (Å²) in [5.74, 6) is -0.421. The van der Waals surface area contributed by atoms with Gasteiger partial charge in [0, 0.05) is 24.7 Å². The lowest BCUT2D eigenvalue weighted by atomic mass is 10.2. The second-order valence-corrected chi connectivity index (χ2v) is 3.79. The highest BCUT2D eigenvalue weighted by Crippen LogP contribution is 2.08. The predicted octanol–water partition coefficient (Wildman–Crippen LogP) is 1.70. The number of carbonyl (C=O) groups excluding carboxylic acids is 1. The molecule has 0 aliphatic carbocycles. The lowest BCUT2D eigenvalue weighted by Crippen LogP contribution is -2.39. The van der Waals surface area contributed by atoms with E-state index in [2.05, 4.69) is 0 Å². The summed E-state index contributed by atoms with van der Waals surface area (Å²) in [4.78, 5) is 13.4. The van der Waals surface area contributed by atoms with E-state index in [1.165, 1.54) is 18.2 Å². The van der Waals surface area contributed by atoms with Gasteiger partial charge in [-0.05, 0) is 12.1 Å². The zero-order valence-corrected chi connectivity index (χ0v) is 9.43. The number of nitrogens with zero attached hydrogens (tertiary/aromatic N) is 1. The maximum atomic E-state index is 13.3. The normalized spacial score (nSPS) is 16.4. The molecule has 0 bridgehead atoms. The van der Waals surface area contributed by atoms with Crippen LogP contribution in [0.25, 0.3) is 6.08 Å². The van der Waals surface area contributed by atoms with Crippen molar-refractivity contribution in [1.29, 1.82) is 0 Å². The summed E-state index contributed by atoms with van der Waals surface area (Å²) in [6.45, 7) is 2.33. The van der Waals surface area contributed by atoms with Crippen LogP contribution in [0.5, 0.6) is 0 Å². The van der Waals surface area contributed by atoms with Gasteiger partial charge in [0.25, 0.3) is 0 Å². The Labute approximate surface area is 99.5 Å². The first-order chi connectivity index (χ1) is 8.27. The Morgan fingerprint density at radius 2 is 2.00 bits per heavy atom. The molecule has 0 atom stereocenters. The fourth-order valence-corrected chi connectivity index (χ4v) is 1.66. The molecule has 0 N–H and O–H groups in total. The van der Waals surface area contributed by atoms with Gasteiger partial charge in [0.2, 0.25) is 5.91 Å². The molecule has 4 heteroatoms. The topological polar surface area (TPSA) is 29.5 Å². The minimum absolute atomic E-state index is 0.100. The van der Waals surface area contributed by atoms with Gasteiger partial charge >= 0.3 is 0 Å². The number of ether oxygens (including phenoxy) is 1. The fraction of sp³-hybridized carbons (Fsp3) is 0.308. The first kappa shape index (κ1) is 11.8. The molecular weight excluding hydrogens is 221 g/mol. The second kappa shape index (κ2) is 5.59. The molecule has 1 fully saturated rings. The van der Waals surface area contributed by atoms with E-state index in [0.29, 0.717) is 31.9 Å². The van der Waals surface area contributed by atoms with Crippen molar-refractivity contribution >= 4 is 12.0 Å². The molecule has 90 valence electrons. The van der Waals surface area contributed by atoms with Crippen LogP contribution < -0.4 is 0 Å². The van der Waals surface area contributed by atoms with Gasteiger partial charge in [-0.2, -0.15) is 0 Å². The maximum absolute atomic E-state index is 13.3. The highest BCUT2D eigenvalue weighted by Gasteiger charge is 2.13. The lowest BCUT2D eigenvalue weighted by Gasteiger charge is -2.25. The molecule has 1 amide bonds. The van der Waals surface area contributed by atoms with Crippen LogP contribution in [0, 0.1) is 5.82 Å². The van der Waals surface area contributed by atoms with Crippen molar-refractivity contribution in [3.05, 3.63) is 41.7 Å². The number of amides is 1. The zero-order valence-electron chi connectivity index (χ0n) is 9.43. The van der Waals surface area contributed by atoms with Crippen molar-refractivity contribution in [1.82, 2.24) is 4.90 Å². The van der Waals surface area contributed by atoms with E-state index >= 15 is 0 Å². The summed E-state index contributed by atoms with van der Waals surface area (Å²) in [5, 5.41) is 0. The summed E-state index contributed by atoms with van der Waals surface area (Å²) in [7, 11) is 0. The van der Waals surface area contributed by atoms with E-state index in [0.717, 1.165) is 0 Å². The number of morpholine rings is 1. The molecule has 0 unspecified atom stereocenters. The molecule has 17 heavy (non-hydrogen) atoms. The van der Waals surface area contributed by atoms with Crippen molar-refractivity contribution in [2.24, 2.45) is 0 Å². The first-order valence-corrected chi connectivity index (χ1v) is 5.56. The molecule has 1 heterocycles. The standard InChI is InChI=1S/C13H14FNO2/c14-12-4-2-1-3-11(12)5-6-13(16)15-7-9-17-10-8-15/h1-6H,7-10H2. The lowest BCUT2D eigenvalue weighted by molar-refractivity contribution is -0.129. The number of benzene rings is 1. The molecule has 0 radical (unpaired) electrons. The molecule has 0 saturated carbocycles. The second-order valence-electron chi connectivity index (χ2n) is 3.79. The Bertz CT molecular complexity index is 425. The minimum Gasteiger partial charge on any atom is -0.378 e. The summed E-state index contributed by atoms with van der Waals surface area (Å²) in [6, 6.07) is 6.37. The molecule has 1 aromatic carbocycles. The Balaban J connectivity index is 2.00. The monoisotopic (exact) mass is 235 g/mol. The fourth-order valence-electron chi connectivity index (χ4n) is 1.66. The number of halogens is 1. The van der Waals surface area contributed by atoms with E-state index in [9.17, 15) is 9.18 Å². The smallest absolute Gasteiger partial charge is 0.246 e. The average Bonchev–Trinajstić information content (AvgIpc) is 2.38. The van der Waals surface area contributed by atoms with Gasteiger partial charge in [-0.25, -0.2) is 4.39 Å². The van der Waals surface area contributed by atoms with E-state index in [1.807, 2.05) is 0 Å². The molecule has 1 aliphatic rings. The Kier molecular flexibility index (Phi) is 3.88. The first-order valence-electron chi connectivity index (χ1n) is 5.56. The van der Waals surface area contributed by atoms with Crippen molar-refractivity contribution in [2.45, 2.75) is 0 Å². The molecule has 1 aromatic rings. The van der Waals surface area contributed by atoms with Gasteiger partial charge in [-0.1, -0.05) is 18.2 Å². The average molecular weight is 235 g/mol. The summed E-state index contributed by atoms with van der Waals surface area (Å²) in [6.07, 6.45) is 2.91. The van der Waals surface area contributed by atoms with Crippen LogP contribution in [0.2, 0.25) is 0 Å². The largest absolute Gasteiger partial charge is 0.378 e. The maximum Gasteiger partial charge on any atom is 0.246 e. The molecule has 1 saturated heterocycles. The minimum atomic E-state index is -0.321. The Morgan fingerprint density at radius 1 is 1.29 bits per heavy atom. The van der Waals surface area contributed by atoms with E-state index in [-0.39, 0.29) is 11.7 Å². The molecule has 1 aliphatic heterocycles. The van der Waals surface area contributed by atoms with E-state index < -0.39 is 0 Å². The van der Waals surface area contributed by atoms with Crippen LogP contribution in [0.15, 0.2) is 30.3 Å². The highest BCUT2D eigenvalue weighted by molar-refractivity contribution is 5.91. The van der Waals surface area contributed by atoms with Crippen molar-refractivity contribution in [3.63, 3.8) is 0 Å². The van der Waals surface area contributed by atoms with E-state index in [4.69, 9.17) is 4.74 Å². The van der Waals surface area contributed by atoms with Crippen LogP contribution in [0.4, 0.5) is 4.39 Å². The third-order valence-corrected chi connectivity index (χ3v) is 2.63. The van der Waals surface area contributed by atoms with Crippen molar-refractivity contribution < 1.29 is 13.9 Å². The summed E-state index contributed by atoms with van der Waals surface area (Å²) in [5.41, 5.74) is 0.425. The predicted molar refractivity (Wildman–Crippen MR) is 62.8 cm³/mol. The van der Waals surface area contributed by atoms with Crippen LogP contribution in [-0.4, -0.2) is 37.1 Å². The quantitative estimate of drug-likeness (QED) is 0.730. The van der Waals surface area contributed by atoms with Crippen LogP contribution in [0.1, 0.15) is 5.56 Å². The summed E-state index contributed by atoms with van der Waals surface area (Å²) >= 11 is 0. The van der Waals surface area contributed by atoms with Gasteiger partial charge in [-0.15, -0.1) is 0 Å². The van der Waals surface area contributed by atoms with Crippen LogP contribution in [0.3, 0.4) is 0 Å². The Morgan fingerprint density at radius 3 is 2.71 bits per heavy atom. The highest BCUT2D eigenvalue weighted by atomic mass is 19.1.